The van der Waals surface area contributed by atoms with E-state index in [0.717, 1.165) is 19.4 Å². The molecule has 1 aliphatic heterocycles. The second-order valence-corrected chi connectivity index (χ2v) is 5.58. The van der Waals surface area contributed by atoms with Gasteiger partial charge in [-0.25, -0.2) is 13.1 Å². The molecule has 0 aliphatic carbocycles. The van der Waals surface area contributed by atoms with E-state index in [1.807, 2.05) is 6.92 Å². The molecule has 15 heavy (non-hydrogen) atoms. The van der Waals surface area contributed by atoms with Crippen LogP contribution in [0.5, 0.6) is 0 Å². The Morgan fingerprint density at radius 1 is 1.53 bits per heavy atom. The Hall–Kier alpha value is -0.170. The van der Waals surface area contributed by atoms with Crippen LogP contribution in [-0.4, -0.2) is 46.5 Å². The summed E-state index contributed by atoms with van der Waals surface area (Å²) >= 11 is 0. The Kier molecular flexibility index (Phi) is 5.52. The molecule has 0 aromatic carbocycles. The molecule has 0 amide bonds. The van der Waals surface area contributed by atoms with Crippen LogP contribution in [0, 0.1) is 0 Å². The molecule has 1 fully saturated rings. The maximum Gasteiger partial charge on any atom is 0.213 e. The van der Waals surface area contributed by atoms with E-state index in [-0.39, 0.29) is 12.4 Å². The number of nitrogens with one attached hydrogen (secondary N) is 2. The molecule has 90 valence electrons. The summed E-state index contributed by atoms with van der Waals surface area (Å²) in [4.78, 5) is 0. The third kappa shape index (κ3) is 5.46. The predicted molar refractivity (Wildman–Crippen MR) is 59.3 cm³/mol. The summed E-state index contributed by atoms with van der Waals surface area (Å²) in [5, 5.41) is 3.24. The van der Waals surface area contributed by atoms with Gasteiger partial charge in [-0.1, -0.05) is 0 Å². The summed E-state index contributed by atoms with van der Waals surface area (Å²) in [6.45, 7) is 4.16. The minimum absolute atomic E-state index is 0.0492. The summed E-state index contributed by atoms with van der Waals surface area (Å²) in [5.74, 6) is 0.0492. The van der Waals surface area contributed by atoms with Crippen LogP contribution in [0.15, 0.2) is 0 Å². The Morgan fingerprint density at radius 2 is 2.33 bits per heavy atom. The molecule has 2 N–H and O–H groups in total. The molecule has 0 radical (unpaired) electrons. The van der Waals surface area contributed by atoms with E-state index in [1.165, 1.54) is 0 Å². The van der Waals surface area contributed by atoms with Gasteiger partial charge in [0.05, 0.1) is 12.4 Å². The minimum Gasteiger partial charge on any atom is -0.381 e. The van der Waals surface area contributed by atoms with Crippen molar-refractivity contribution >= 4 is 10.0 Å². The summed E-state index contributed by atoms with van der Waals surface area (Å²) in [6.07, 6.45) is 2.18. The smallest absolute Gasteiger partial charge is 0.213 e. The zero-order valence-corrected chi connectivity index (χ0v) is 9.98. The van der Waals surface area contributed by atoms with Crippen molar-refractivity contribution in [1.29, 1.82) is 0 Å². The number of hydrogen-bond donors (Lipinski definition) is 2. The topological polar surface area (TPSA) is 67.4 Å². The number of ether oxygens (including phenoxy) is 1. The monoisotopic (exact) mass is 236 g/mol. The molecule has 1 atom stereocenters. The summed E-state index contributed by atoms with van der Waals surface area (Å²) in [7, 11) is -3.16. The Morgan fingerprint density at radius 3 is 2.93 bits per heavy atom. The second kappa shape index (κ2) is 6.42. The highest BCUT2D eigenvalue weighted by Gasteiger charge is 2.17. The van der Waals surface area contributed by atoms with E-state index >= 15 is 0 Å². The normalized spacial score (nSPS) is 22.1. The lowest BCUT2D eigenvalue weighted by molar-refractivity contribution is 0.163. The van der Waals surface area contributed by atoms with Gasteiger partial charge >= 0.3 is 0 Å². The number of rotatable bonds is 7. The second-order valence-electron chi connectivity index (χ2n) is 3.66. The van der Waals surface area contributed by atoms with E-state index in [0.29, 0.717) is 19.2 Å². The highest BCUT2D eigenvalue weighted by Crippen LogP contribution is 2.03. The van der Waals surface area contributed by atoms with Crippen molar-refractivity contribution in [2.45, 2.75) is 25.8 Å². The first-order chi connectivity index (χ1) is 7.14. The van der Waals surface area contributed by atoms with Crippen LogP contribution in [0.2, 0.25) is 0 Å². The Bertz CT molecular complexity index is 261. The van der Waals surface area contributed by atoms with E-state index in [1.54, 1.807) is 0 Å². The molecule has 0 spiro atoms. The van der Waals surface area contributed by atoms with E-state index < -0.39 is 10.0 Å². The summed E-state index contributed by atoms with van der Waals surface area (Å²) in [5.41, 5.74) is 0. The number of hydrogen-bond acceptors (Lipinski definition) is 4. The van der Waals surface area contributed by atoms with Gasteiger partial charge in [-0.3, -0.25) is 0 Å². The molecule has 0 saturated carbocycles. The first-order valence-corrected chi connectivity index (χ1v) is 7.08. The van der Waals surface area contributed by atoms with Gasteiger partial charge in [0.1, 0.15) is 0 Å². The fourth-order valence-corrected chi connectivity index (χ4v) is 2.48. The molecule has 1 saturated heterocycles. The fourth-order valence-electron chi connectivity index (χ4n) is 1.54. The van der Waals surface area contributed by atoms with Gasteiger partial charge in [0.2, 0.25) is 10.0 Å². The molecule has 6 heteroatoms. The van der Waals surface area contributed by atoms with Gasteiger partial charge in [0, 0.05) is 19.2 Å². The lowest BCUT2D eigenvalue weighted by Crippen LogP contribution is -2.38. The minimum atomic E-state index is -3.16. The van der Waals surface area contributed by atoms with Crippen molar-refractivity contribution in [2.24, 2.45) is 0 Å². The zero-order chi connectivity index (χ0) is 11.1. The predicted octanol–water partition coefficient (Wildman–Crippen LogP) is -0.306. The average Bonchev–Trinajstić information content (AvgIpc) is 2.68. The maximum absolute atomic E-state index is 11.4. The molecule has 0 aromatic rings. The number of sulfonamides is 1. The summed E-state index contributed by atoms with van der Waals surface area (Å²) < 4.78 is 30.5. The van der Waals surface area contributed by atoms with Gasteiger partial charge in [0.25, 0.3) is 0 Å². The quantitative estimate of drug-likeness (QED) is 0.595. The lowest BCUT2D eigenvalue weighted by atomic mass is 10.2. The summed E-state index contributed by atoms with van der Waals surface area (Å²) in [6, 6.07) is 0.298. The van der Waals surface area contributed by atoms with E-state index in [9.17, 15) is 8.42 Å². The third-order valence-electron chi connectivity index (χ3n) is 2.41. The first-order valence-electron chi connectivity index (χ1n) is 5.42. The molecule has 1 rings (SSSR count). The van der Waals surface area contributed by atoms with Gasteiger partial charge in [-0.2, -0.15) is 0 Å². The van der Waals surface area contributed by atoms with Crippen LogP contribution in [0.25, 0.3) is 0 Å². The van der Waals surface area contributed by atoms with Crippen molar-refractivity contribution in [3.8, 4) is 0 Å². The van der Waals surface area contributed by atoms with E-state index in [2.05, 4.69) is 10.0 Å². The molecule has 1 aliphatic rings. The van der Waals surface area contributed by atoms with Gasteiger partial charge in [0.15, 0.2) is 0 Å². The molecular formula is C9H20N2O3S. The van der Waals surface area contributed by atoms with Crippen molar-refractivity contribution in [2.75, 3.05) is 32.1 Å². The van der Waals surface area contributed by atoms with E-state index in [4.69, 9.17) is 4.74 Å². The van der Waals surface area contributed by atoms with Crippen LogP contribution in [0.4, 0.5) is 0 Å². The zero-order valence-electron chi connectivity index (χ0n) is 9.16. The lowest BCUT2D eigenvalue weighted by Gasteiger charge is -2.11. The molecule has 0 aromatic heterocycles. The highest BCUT2D eigenvalue weighted by atomic mass is 32.2. The fraction of sp³-hybridized carbons (Fsp3) is 1.00. The standard InChI is InChI=1S/C9H20N2O3S/c1-2-14-6-7-15(12,13)11-8-9-4-3-5-10-9/h9-11H,2-8H2,1H3. The molecule has 1 unspecified atom stereocenters. The first kappa shape index (κ1) is 12.9. The average molecular weight is 236 g/mol. The molecule has 5 nitrogen and oxygen atoms in total. The van der Waals surface area contributed by atoms with Crippen molar-refractivity contribution < 1.29 is 13.2 Å². The van der Waals surface area contributed by atoms with Crippen LogP contribution in [0.1, 0.15) is 19.8 Å². The maximum atomic E-state index is 11.4. The Labute approximate surface area is 91.6 Å². The SMILES string of the molecule is CCOCCS(=O)(=O)NCC1CCCN1. The van der Waals surface area contributed by atoms with Crippen LogP contribution < -0.4 is 10.0 Å². The van der Waals surface area contributed by atoms with Crippen LogP contribution in [0.3, 0.4) is 0 Å². The highest BCUT2D eigenvalue weighted by molar-refractivity contribution is 7.89. The van der Waals surface area contributed by atoms with Crippen molar-refractivity contribution in [3.63, 3.8) is 0 Å². The van der Waals surface area contributed by atoms with Crippen LogP contribution >= 0.6 is 0 Å². The molecule has 0 bridgehead atoms. The van der Waals surface area contributed by atoms with Gasteiger partial charge in [-0.05, 0) is 26.3 Å². The molecule has 1 heterocycles. The van der Waals surface area contributed by atoms with Gasteiger partial charge < -0.3 is 10.1 Å². The molecular weight excluding hydrogens is 216 g/mol. The van der Waals surface area contributed by atoms with Crippen molar-refractivity contribution in [1.82, 2.24) is 10.0 Å². The van der Waals surface area contributed by atoms with Crippen molar-refractivity contribution in [3.05, 3.63) is 0 Å². The van der Waals surface area contributed by atoms with Gasteiger partial charge in [-0.15, -0.1) is 0 Å². The largest absolute Gasteiger partial charge is 0.381 e. The Balaban J connectivity index is 2.17. The van der Waals surface area contributed by atoms with Crippen LogP contribution in [-0.2, 0) is 14.8 Å². The third-order valence-corrected chi connectivity index (χ3v) is 3.72.